The fraction of sp³-hybridized carbons (Fsp3) is 0. The number of benzene rings is 2. The first-order chi connectivity index (χ1) is 11.0. The number of hydrogen-bond acceptors (Lipinski definition) is 3. The molecule has 0 aliphatic carbocycles. The number of rotatable bonds is 3. The second-order valence-electron chi connectivity index (χ2n) is 4.99. The van der Waals surface area contributed by atoms with E-state index < -0.39 is 0 Å². The van der Waals surface area contributed by atoms with Gasteiger partial charge in [-0.2, -0.15) is 0 Å². The molecule has 0 unspecified atom stereocenters. The van der Waals surface area contributed by atoms with E-state index in [4.69, 9.17) is 17.3 Å². The monoisotopic (exact) mass is 386 g/mol. The molecule has 114 valence electrons. The number of carbonyl (C=O) groups excluding carboxylic acids is 1. The Bertz CT molecular complexity index is 937. The number of halogens is 2. The number of ketones is 1. The number of fused-ring (bicyclic) bond motifs is 1. The summed E-state index contributed by atoms with van der Waals surface area (Å²) >= 11 is 9.62. The van der Waals surface area contributed by atoms with Crippen LogP contribution in [0, 0.1) is 0 Å². The van der Waals surface area contributed by atoms with Gasteiger partial charge in [-0.3, -0.25) is 4.79 Å². The minimum atomic E-state index is -0.173. The number of anilines is 1. The van der Waals surface area contributed by atoms with Crippen molar-refractivity contribution in [2.45, 2.75) is 0 Å². The number of nitrogen functional groups attached to an aromatic ring is 1. The van der Waals surface area contributed by atoms with Gasteiger partial charge in [0, 0.05) is 26.7 Å². The second-order valence-corrected chi connectivity index (χ2v) is 6.26. The molecule has 23 heavy (non-hydrogen) atoms. The Hall–Kier alpha value is -2.17. The van der Waals surface area contributed by atoms with E-state index in [1.807, 2.05) is 24.3 Å². The van der Waals surface area contributed by atoms with Gasteiger partial charge in [-0.05, 0) is 48.6 Å². The van der Waals surface area contributed by atoms with E-state index >= 15 is 0 Å². The maximum Gasteiger partial charge on any atom is 0.187 e. The fourth-order valence-electron chi connectivity index (χ4n) is 2.23. The molecule has 0 saturated carbocycles. The van der Waals surface area contributed by atoms with Crippen LogP contribution in [0.1, 0.15) is 15.9 Å². The summed E-state index contributed by atoms with van der Waals surface area (Å²) in [6.07, 6.45) is 3.11. The molecular weight excluding hydrogens is 376 g/mol. The standard InChI is InChI=1S/C18H12BrClN2O/c19-13-6-7-16-12(10-13)9-11(18(20)22-16)5-8-17(23)14-3-1-2-4-15(14)21/h1-10H,21H2/b8-5+. The van der Waals surface area contributed by atoms with E-state index in [2.05, 4.69) is 20.9 Å². The number of allylic oxidation sites excluding steroid dienone is 1. The summed E-state index contributed by atoms with van der Waals surface area (Å²) in [4.78, 5) is 16.6. The van der Waals surface area contributed by atoms with Crippen molar-refractivity contribution < 1.29 is 4.79 Å². The first-order valence-corrected chi connectivity index (χ1v) is 8.04. The van der Waals surface area contributed by atoms with Gasteiger partial charge in [-0.15, -0.1) is 0 Å². The Balaban J connectivity index is 1.96. The molecule has 3 rings (SSSR count). The number of nitrogens with two attached hydrogens (primary N) is 1. The topological polar surface area (TPSA) is 56.0 Å². The van der Waals surface area contributed by atoms with Crippen LogP contribution in [0.5, 0.6) is 0 Å². The minimum absolute atomic E-state index is 0.173. The highest BCUT2D eigenvalue weighted by molar-refractivity contribution is 9.10. The summed E-state index contributed by atoms with van der Waals surface area (Å²) in [5.41, 5.74) is 8.22. The van der Waals surface area contributed by atoms with Crippen molar-refractivity contribution >= 4 is 56.0 Å². The number of hydrogen-bond donors (Lipinski definition) is 1. The van der Waals surface area contributed by atoms with E-state index in [1.165, 1.54) is 6.08 Å². The van der Waals surface area contributed by atoms with Gasteiger partial charge in [0.1, 0.15) is 5.15 Å². The lowest BCUT2D eigenvalue weighted by molar-refractivity contribution is 0.104. The SMILES string of the molecule is Nc1ccccc1C(=O)/C=C/c1cc2cc(Br)ccc2nc1Cl. The summed E-state index contributed by atoms with van der Waals surface area (Å²) in [6.45, 7) is 0. The van der Waals surface area contributed by atoms with Gasteiger partial charge in [-0.1, -0.05) is 39.7 Å². The van der Waals surface area contributed by atoms with Crippen molar-refractivity contribution in [3.05, 3.63) is 75.4 Å². The average Bonchev–Trinajstić information content (AvgIpc) is 2.53. The molecule has 0 spiro atoms. The molecule has 1 aromatic heterocycles. The first-order valence-electron chi connectivity index (χ1n) is 6.87. The molecule has 0 amide bonds. The summed E-state index contributed by atoms with van der Waals surface area (Å²) in [6, 6.07) is 14.6. The average molecular weight is 388 g/mol. The molecule has 2 aromatic carbocycles. The van der Waals surface area contributed by atoms with E-state index in [1.54, 1.807) is 30.3 Å². The van der Waals surface area contributed by atoms with Gasteiger partial charge in [-0.25, -0.2) is 4.98 Å². The lowest BCUT2D eigenvalue weighted by atomic mass is 10.1. The van der Waals surface area contributed by atoms with Crippen LogP contribution in [-0.2, 0) is 0 Å². The smallest absolute Gasteiger partial charge is 0.187 e. The third kappa shape index (κ3) is 3.44. The van der Waals surface area contributed by atoms with Crippen LogP contribution in [-0.4, -0.2) is 10.8 Å². The van der Waals surface area contributed by atoms with Crippen LogP contribution < -0.4 is 5.73 Å². The highest BCUT2D eigenvalue weighted by atomic mass is 79.9. The van der Waals surface area contributed by atoms with Crippen LogP contribution in [0.2, 0.25) is 5.15 Å². The van der Waals surface area contributed by atoms with Gasteiger partial charge >= 0.3 is 0 Å². The Morgan fingerprint density at radius 2 is 1.96 bits per heavy atom. The molecule has 0 radical (unpaired) electrons. The Kier molecular flexibility index (Phi) is 4.46. The molecule has 0 bridgehead atoms. The summed E-state index contributed by atoms with van der Waals surface area (Å²) in [5, 5.41) is 1.29. The lowest BCUT2D eigenvalue weighted by Gasteiger charge is -2.03. The lowest BCUT2D eigenvalue weighted by Crippen LogP contribution is -2.00. The number of carbonyl (C=O) groups is 1. The van der Waals surface area contributed by atoms with Gasteiger partial charge in [0.25, 0.3) is 0 Å². The van der Waals surface area contributed by atoms with Crippen molar-refractivity contribution in [3.63, 3.8) is 0 Å². The van der Waals surface area contributed by atoms with E-state index in [0.717, 1.165) is 15.4 Å². The highest BCUT2D eigenvalue weighted by Gasteiger charge is 2.07. The molecule has 0 saturated heterocycles. The quantitative estimate of drug-likeness (QED) is 0.293. The molecule has 1 heterocycles. The molecule has 2 N–H and O–H groups in total. The normalized spacial score (nSPS) is 11.2. The molecular formula is C18H12BrClN2O. The zero-order valence-corrected chi connectivity index (χ0v) is 14.3. The van der Waals surface area contributed by atoms with E-state index in [-0.39, 0.29) is 5.78 Å². The van der Waals surface area contributed by atoms with Crippen molar-refractivity contribution in [1.29, 1.82) is 0 Å². The van der Waals surface area contributed by atoms with Crippen LogP contribution in [0.15, 0.2) is 59.1 Å². The Morgan fingerprint density at radius 1 is 1.17 bits per heavy atom. The fourth-order valence-corrected chi connectivity index (χ4v) is 2.82. The molecule has 3 nitrogen and oxygen atoms in total. The van der Waals surface area contributed by atoms with Crippen molar-refractivity contribution in [3.8, 4) is 0 Å². The van der Waals surface area contributed by atoms with Crippen LogP contribution >= 0.6 is 27.5 Å². The van der Waals surface area contributed by atoms with E-state index in [0.29, 0.717) is 22.0 Å². The molecule has 3 aromatic rings. The third-order valence-corrected chi connectivity index (χ3v) is 4.19. The second kappa shape index (κ2) is 6.52. The molecule has 0 fully saturated rings. The highest BCUT2D eigenvalue weighted by Crippen LogP contribution is 2.24. The van der Waals surface area contributed by atoms with Gasteiger partial charge in [0.15, 0.2) is 5.78 Å². The van der Waals surface area contributed by atoms with Crippen molar-refractivity contribution in [1.82, 2.24) is 4.98 Å². The molecule has 0 aliphatic heterocycles. The molecule has 0 atom stereocenters. The summed E-state index contributed by atoms with van der Waals surface area (Å²) in [7, 11) is 0. The summed E-state index contributed by atoms with van der Waals surface area (Å²) in [5.74, 6) is -0.173. The zero-order valence-electron chi connectivity index (χ0n) is 12.0. The van der Waals surface area contributed by atoms with Crippen LogP contribution in [0.4, 0.5) is 5.69 Å². The molecule has 0 aliphatic rings. The predicted octanol–water partition coefficient (Wildman–Crippen LogP) is 5.13. The Labute approximate surface area is 146 Å². The van der Waals surface area contributed by atoms with Gasteiger partial charge < -0.3 is 5.73 Å². The number of aromatic nitrogens is 1. The van der Waals surface area contributed by atoms with Gasteiger partial charge in [0.2, 0.25) is 0 Å². The summed E-state index contributed by atoms with van der Waals surface area (Å²) < 4.78 is 0.956. The van der Waals surface area contributed by atoms with Gasteiger partial charge in [0.05, 0.1) is 5.52 Å². The largest absolute Gasteiger partial charge is 0.398 e. The van der Waals surface area contributed by atoms with Crippen LogP contribution in [0.3, 0.4) is 0 Å². The number of para-hydroxylation sites is 1. The molecule has 5 heteroatoms. The third-order valence-electron chi connectivity index (χ3n) is 3.40. The number of pyridine rings is 1. The van der Waals surface area contributed by atoms with Crippen LogP contribution in [0.25, 0.3) is 17.0 Å². The zero-order chi connectivity index (χ0) is 16.4. The first kappa shape index (κ1) is 15.7. The minimum Gasteiger partial charge on any atom is -0.398 e. The maximum absolute atomic E-state index is 12.2. The Morgan fingerprint density at radius 3 is 2.74 bits per heavy atom. The maximum atomic E-state index is 12.2. The number of nitrogens with zero attached hydrogens (tertiary/aromatic N) is 1. The van der Waals surface area contributed by atoms with E-state index in [9.17, 15) is 4.79 Å². The van der Waals surface area contributed by atoms with Crippen molar-refractivity contribution in [2.24, 2.45) is 0 Å². The predicted molar refractivity (Wildman–Crippen MR) is 98.7 cm³/mol. The van der Waals surface area contributed by atoms with Crippen molar-refractivity contribution in [2.75, 3.05) is 5.73 Å².